The molecule has 1 N–H and O–H groups in total. The van der Waals surface area contributed by atoms with Crippen molar-refractivity contribution in [3.8, 4) is 5.75 Å². The van der Waals surface area contributed by atoms with Crippen LogP contribution in [0.2, 0.25) is 10.0 Å². The molecule has 0 spiro atoms. The lowest BCUT2D eigenvalue weighted by Gasteiger charge is -2.12. The van der Waals surface area contributed by atoms with Crippen LogP contribution in [-0.2, 0) is 11.4 Å². The molecule has 1 amide bonds. The average Bonchev–Trinajstić information content (AvgIpc) is 3.07. The van der Waals surface area contributed by atoms with E-state index in [1.807, 2.05) is 60.7 Å². The van der Waals surface area contributed by atoms with Crippen molar-refractivity contribution in [2.45, 2.75) is 6.61 Å². The lowest BCUT2D eigenvalue weighted by molar-refractivity contribution is -0.115. The number of amides is 1. The summed E-state index contributed by atoms with van der Waals surface area (Å²) in [6.07, 6.45) is 1.71. The number of halogens is 2. The highest BCUT2D eigenvalue weighted by Crippen LogP contribution is 2.37. The second-order valence-electron chi connectivity index (χ2n) is 6.40. The van der Waals surface area contributed by atoms with Crippen molar-refractivity contribution >= 4 is 57.8 Å². The predicted molar refractivity (Wildman–Crippen MR) is 124 cm³/mol. The Kier molecular flexibility index (Phi) is 6.43. The van der Waals surface area contributed by atoms with Gasteiger partial charge in [-0.2, -0.15) is 0 Å². The van der Waals surface area contributed by atoms with Gasteiger partial charge in [-0.05, 0) is 47.7 Å². The van der Waals surface area contributed by atoms with Gasteiger partial charge in [0.2, 0.25) is 0 Å². The van der Waals surface area contributed by atoms with E-state index >= 15 is 0 Å². The molecule has 4 nitrogen and oxygen atoms in total. The van der Waals surface area contributed by atoms with Crippen molar-refractivity contribution in [1.29, 1.82) is 0 Å². The van der Waals surface area contributed by atoms with Crippen molar-refractivity contribution < 1.29 is 9.53 Å². The first-order valence-corrected chi connectivity index (χ1v) is 10.7. The van der Waals surface area contributed by atoms with Gasteiger partial charge >= 0.3 is 0 Å². The molecule has 0 radical (unpaired) electrons. The van der Waals surface area contributed by atoms with Crippen LogP contribution >= 0.6 is 35.0 Å². The maximum atomic E-state index is 12.5. The standard InChI is InChI=1S/C23H16Cl2N2O2S/c24-17-11-16(21(19(25)13-17)29-14-15-7-3-1-4-8-15)12-20-22(28)27-23(30-20)26-18-9-5-2-6-10-18/h1-13H,14H2,(H,26,27,28)/b20-12-. The van der Waals surface area contributed by atoms with Crippen LogP contribution in [0.3, 0.4) is 0 Å². The minimum atomic E-state index is -0.236. The molecule has 0 aliphatic carbocycles. The fourth-order valence-electron chi connectivity index (χ4n) is 2.81. The van der Waals surface area contributed by atoms with Gasteiger partial charge < -0.3 is 10.1 Å². The van der Waals surface area contributed by atoms with E-state index in [-0.39, 0.29) is 5.91 Å². The van der Waals surface area contributed by atoms with Crippen LogP contribution in [0.4, 0.5) is 5.69 Å². The van der Waals surface area contributed by atoms with E-state index in [0.29, 0.717) is 38.0 Å². The molecule has 1 fully saturated rings. The van der Waals surface area contributed by atoms with Gasteiger partial charge in [0.05, 0.1) is 15.6 Å². The van der Waals surface area contributed by atoms with E-state index in [4.69, 9.17) is 27.9 Å². The lowest BCUT2D eigenvalue weighted by Crippen LogP contribution is -2.19. The van der Waals surface area contributed by atoms with Crippen molar-refractivity contribution in [2.75, 3.05) is 0 Å². The smallest absolute Gasteiger partial charge is 0.264 e. The Hall–Kier alpha value is -2.73. The van der Waals surface area contributed by atoms with Crippen LogP contribution in [0.1, 0.15) is 11.1 Å². The number of benzene rings is 3. The van der Waals surface area contributed by atoms with Crippen LogP contribution in [0.5, 0.6) is 5.75 Å². The zero-order valence-electron chi connectivity index (χ0n) is 15.6. The van der Waals surface area contributed by atoms with Crippen LogP contribution in [0.25, 0.3) is 6.08 Å². The SMILES string of the molecule is O=C1NC(=Nc2ccccc2)S/C1=C\c1cc(Cl)cc(Cl)c1OCc1ccccc1. The Morgan fingerprint density at radius 3 is 2.43 bits per heavy atom. The van der Waals surface area contributed by atoms with E-state index in [1.54, 1.807) is 18.2 Å². The van der Waals surface area contributed by atoms with E-state index < -0.39 is 0 Å². The third-order valence-electron chi connectivity index (χ3n) is 4.19. The number of hydrogen-bond donors (Lipinski definition) is 1. The summed E-state index contributed by atoms with van der Waals surface area (Å²) in [5, 5.41) is 4.13. The Labute approximate surface area is 188 Å². The highest BCUT2D eigenvalue weighted by atomic mass is 35.5. The first kappa shape index (κ1) is 20.5. The maximum Gasteiger partial charge on any atom is 0.264 e. The number of nitrogens with one attached hydrogen (secondary N) is 1. The van der Waals surface area contributed by atoms with E-state index in [1.165, 1.54) is 11.8 Å². The minimum Gasteiger partial charge on any atom is -0.487 e. The highest BCUT2D eigenvalue weighted by molar-refractivity contribution is 8.18. The molecule has 0 aromatic heterocycles. The third kappa shape index (κ3) is 5.05. The Balaban J connectivity index is 1.61. The fourth-order valence-corrected chi connectivity index (χ4v) is 4.21. The van der Waals surface area contributed by atoms with Crippen LogP contribution < -0.4 is 10.1 Å². The quantitative estimate of drug-likeness (QED) is 0.449. The van der Waals surface area contributed by atoms with Crippen LogP contribution in [0, 0.1) is 0 Å². The van der Waals surface area contributed by atoms with E-state index in [9.17, 15) is 4.79 Å². The second kappa shape index (κ2) is 9.39. The molecule has 4 rings (SSSR count). The number of amidine groups is 1. The number of para-hydroxylation sites is 1. The maximum absolute atomic E-state index is 12.5. The molecule has 0 bridgehead atoms. The number of carbonyl (C=O) groups excluding carboxylic acids is 1. The summed E-state index contributed by atoms with van der Waals surface area (Å²) in [6.45, 7) is 0.346. The molecular weight excluding hydrogens is 439 g/mol. The minimum absolute atomic E-state index is 0.236. The van der Waals surface area contributed by atoms with Gasteiger partial charge in [-0.25, -0.2) is 4.99 Å². The Bertz CT molecular complexity index is 1130. The summed E-state index contributed by atoms with van der Waals surface area (Å²) in [4.78, 5) is 17.4. The number of ether oxygens (including phenoxy) is 1. The van der Waals surface area contributed by atoms with Gasteiger partial charge in [-0.3, -0.25) is 4.79 Å². The van der Waals surface area contributed by atoms with Crippen molar-refractivity contribution in [1.82, 2.24) is 5.32 Å². The molecule has 3 aromatic carbocycles. The lowest BCUT2D eigenvalue weighted by atomic mass is 10.1. The topological polar surface area (TPSA) is 50.7 Å². The van der Waals surface area contributed by atoms with Crippen molar-refractivity contribution in [2.24, 2.45) is 4.99 Å². The molecule has 0 atom stereocenters. The van der Waals surface area contributed by atoms with Gasteiger partial charge in [0.25, 0.3) is 5.91 Å². The summed E-state index contributed by atoms with van der Waals surface area (Å²) in [6, 6.07) is 22.5. The zero-order valence-corrected chi connectivity index (χ0v) is 18.0. The molecule has 7 heteroatoms. The van der Waals surface area contributed by atoms with Gasteiger partial charge in [-0.15, -0.1) is 0 Å². The normalized spacial score (nSPS) is 16.1. The predicted octanol–water partition coefficient (Wildman–Crippen LogP) is 6.46. The number of nitrogens with zero attached hydrogens (tertiary/aromatic N) is 1. The zero-order chi connectivity index (χ0) is 20.9. The Morgan fingerprint density at radius 1 is 1.00 bits per heavy atom. The summed E-state index contributed by atoms with van der Waals surface area (Å²) in [5.74, 6) is 0.235. The molecular formula is C23H16Cl2N2O2S. The molecule has 0 unspecified atom stereocenters. The van der Waals surface area contributed by atoms with Crippen LogP contribution in [0.15, 0.2) is 82.7 Å². The summed E-state index contributed by atoms with van der Waals surface area (Å²) in [7, 11) is 0. The number of aliphatic imine (C=N–C) groups is 1. The van der Waals surface area contributed by atoms with Crippen molar-refractivity contribution in [3.05, 3.63) is 98.9 Å². The number of hydrogen-bond acceptors (Lipinski definition) is 4. The van der Waals surface area contributed by atoms with Crippen molar-refractivity contribution in [3.63, 3.8) is 0 Å². The second-order valence-corrected chi connectivity index (χ2v) is 8.27. The average molecular weight is 455 g/mol. The molecule has 1 aliphatic heterocycles. The van der Waals surface area contributed by atoms with Gasteiger partial charge in [0, 0.05) is 10.6 Å². The Morgan fingerprint density at radius 2 is 1.70 bits per heavy atom. The molecule has 30 heavy (non-hydrogen) atoms. The van der Waals surface area contributed by atoms with E-state index in [2.05, 4.69) is 10.3 Å². The summed E-state index contributed by atoms with van der Waals surface area (Å²) >= 11 is 13.8. The molecule has 150 valence electrons. The van der Waals surface area contributed by atoms with Crippen LogP contribution in [-0.4, -0.2) is 11.1 Å². The molecule has 0 saturated carbocycles. The highest BCUT2D eigenvalue weighted by Gasteiger charge is 2.24. The molecule has 1 saturated heterocycles. The summed E-state index contributed by atoms with van der Waals surface area (Å²) < 4.78 is 5.97. The number of thioether (sulfide) groups is 1. The monoisotopic (exact) mass is 454 g/mol. The van der Waals surface area contributed by atoms with Gasteiger partial charge in [0.15, 0.2) is 5.17 Å². The van der Waals surface area contributed by atoms with Gasteiger partial charge in [-0.1, -0.05) is 71.7 Å². The largest absolute Gasteiger partial charge is 0.487 e. The third-order valence-corrected chi connectivity index (χ3v) is 5.60. The van der Waals surface area contributed by atoms with Gasteiger partial charge in [0.1, 0.15) is 12.4 Å². The molecule has 1 heterocycles. The number of rotatable bonds is 5. The number of carbonyl (C=O) groups is 1. The molecule has 3 aromatic rings. The fraction of sp³-hybridized carbons (Fsp3) is 0.0435. The summed E-state index contributed by atoms with van der Waals surface area (Å²) in [5.41, 5.74) is 2.40. The first-order chi connectivity index (χ1) is 14.6. The molecule has 1 aliphatic rings. The first-order valence-electron chi connectivity index (χ1n) is 9.09. The van der Waals surface area contributed by atoms with E-state index in [0.717, 1.165) is 11.3 Å².